The highest BCUT2D eigenvalue weighted by Gasteiger charge is 2.31. The van der Waals surface area contributed by atoms with Crippen molar-refractivity contribution in [2.45, 2.75) is 18.8 Å². The van der Waals surface area contributed by atoms with Gasteiger partial charge in [0.05, 0.1) is 17.0 Å². The maximum atomic E-state index is 9.21. The summed E-state index contributed by atoms with van der Waals surface area (Å²) in [6.07, 6.45) is 7.88. The molecular weight excluding hydrogens is 326 g/mol. The minimum atomic E-state index is 0.575. The van der Waals surface area contributed by atoms with Gasteiger partial charge in [-0.25, -0.2) is 15.0 Å². The van der Waals surface area contributed by atoms with Crippen molar-refractivity contribution >= 4 is 16.9 Å². The second-order valence-electron chi connectivity index (χ2n) is 6.88. The Balaban J connectivity index is 1.72. The van der Waals surface area contributed by atoms with Crippen LogP contribution in [0.2, 0.25) is 0 Å². The summed E-state index contributed by atoms with van der Waals surface area (Å²) in [4.78, 5) is 16.0. The van der Waals surface area contributed by atoms with E-state index in [1.807, 2.05) is 10.6 Å². The molecular formula is C19H19N7. The fourth-order valence-electron chi connectivity index (χ4n) is 3.69. The zero-order chi connectivity index (χ0) is 17.5. The maximum absolute atomic E-state index is 9.21. The molecule has 5 rings (SSSR count). The zero-order valence-electron chi connectivity index (χ0n) is 14.4. The number of nitrogens with one attached hydrogen (secondary N) is 1. The number of hydrogen-bond acceptors (Lipinski definition) is 6. The molecule has 2 aliphatic rings. The number of rotatable bonds is 3. The van der Waals surface area contributed by atoms with Crippen molar-refractivity contribution in [1.82, 2.24) is 24.8 Å². The second kappa shape index (κ2) is 6.07. The minimum absolute atomic E-state index is 0.575. The standard InChI is InChI=1S/C19H19N7/c20-10-13-3-4-22-16(9-13)26-11-15(14-1-2-14)17-18(23-12-24-19(17)26)25-7-5-21-6-8-25/h3-4,9,11-12,14,21H,1-2,5-8H2. The van der Waals surface area contributed by atoms with Crippen molar-refractivity contribution < 1.29 is 0 Å². The average molecular weight is 345 g/mol. The van der Waals surface area contributed by atoms with Crippen LogP contribution in [0.4, 0.5) is 5.82 Å². The van der Waals surface area contributed by atoms with E-state index in [9.17, 15) is 5.26 Å². The third-order valence-electron chi connectivity index (χ3n) is 5.15. The Hall–Kier alpha value is -2.98. The lowest BCUT2D eigenvalue weighted by molar-refractivity contribution is 0.586. The lowest BCUT2D eigenvalue weighted by Crippen LogP contribution is -2.44. The molecule has 0 bridgehead atoms. The third-order valence-corrected chi connectivity index (χ3v) is 5.15. The maximum Gasteiger partial charge on any atom is 0.151 e. The molecule has 3 aromatic rings. The second-order valence-corrected chi connectivity index (χ2v) is 6.88. The molecule has 1 saturated heterocycles. The van der Waals surface area contributed by atoms with E-state index >= 15 is 0 Å². The summed E-state index contributed by atoms with van der Waals surface area (Å²) in [5.41, 5.74) is 2.78. The quantitative estimate of drug-likeness (QED) is 0.781. The van der Waals surface area contributed by atoms with Crippen molar-refractivity contribution in [2.75, 3.05) is 31.1 Å². The number of fused-ring (bicyclic) bond motifs is 1. The van der Waals surface area contributed by atoms with E-state index < -0.39 is 0 Å². The number of aromatic nitrogens is 4. The molecule has 1 saturated carbocycles. The van der Waals surface area contributed by atoms with Gasteiger partial charge in [-0.3, -0.25) is 4.57 Å². The van der Waals surface area contributed by atoms with Gasteiger partial charge in [-0.05, 0) is 36.5 Å². The highest BCUT2D eigenvalue weighted by molar-refractivity contribution is 5.93. The van der Waals surface area contributed by atoms with E-state index in [0.717, 1.165) is 48.8 Å². The summed E-state index contributed by atoms with van der Waals surface area (Å²) in [6, 6.07) is 5.72. The van der Waals surface area contributed by atoms with Crippen molar-refractivity contribution in [3.8, 4) is 11.9 Å². The molecule has 0 atom stereocenters. The van der Waals surface area contributed by atoms with Crippen LogP contribution < -0.4 is 10.2 Å². The average Bonchev–Trinajstić information content (AvgIpc) is 3.48. The van der Waals surface area contributed by atoms with Crippen LogP contribution in [0.1, 0.15) is 29.9 Å². The number of nitrogens with zero attached hydrogens (tertiary/aromatic N) is 6. The van der Waals surface area contributed by atoms with Crippen LogP contribution in [-0.4, -0.2) is 45.7 Å². The molecule has 0 radical (unpaired) electrons. The largest absolute Gasteiger partial charge is 0.353 e. The molecule has 7 heteroatoms. The van der Waals surface area contributed by atoms with Gasteiger partial charge < -0.3 is 10.2 Å². The van der Waals surface area contributed by atoms with Gasteiger partial charge in [-0.15, -0.1) is 0 Å². The van der Waals surface area contributed by atoms with Crippen LogP contribution >= 0.6 is 0 Å². The topological polar surface area (TPSA) is 82.7 Å². The highest BCUT2D eigenvalue weighted by Crippen LogP contribution is 2.46. The van der Waals surface area contributed by atoms with Crippen molar-refractivity contribution in [3.63, 3.8) is 0 Å². The Labute approximate surface area is 151 Å². The molecule has 2 fully saturated rings. The summed E-state index contributed by atoms with van der Waals surface area (Å²) in [7, 11) is 0. The summed E-state index contributed by atoms with van der Waals surface area (Å²) in [6.45, 7) is 3.83. The Morgan fingerprint density at radius 2 is 2.00 bits per heavy atom. The SMILES string of the molecule is N#Cc1ccnc(-n2cc(C3CC3)c3c(N4CCNCC4)ncnc32)c1. The highest BCUT2D eigenvalue weighted by atomic mass is 15.2. The van der Waals surface area contributed by atoms with Gasteiger partial charge in [-0.2, -0.15) is 5.26 Å². The fourth-order valence-corrected chi connectivity index (χ4v) is 3.69. The van der Waals surface area contributed by atoms with E-state index in [0.29, 0.717) is 11.5 Å². The van der Waals surface area contributed by atoms with Crippen LogP contribution in [0.25, 0.3) is 16.9 Å². The lowest BCUT2D eigenvalue weighted by Gasteiger charge is -2.29. The number of anilines is 1. The van der Waals surface area contributed by atoms with Crippen LogP contribution in [0.3, 0.4) is 0 Å². The summed E-state index contributed by atoms with van der Waals surface area (Å²) < 4.78 is 2.01. The predicted octanol–water partition coefficient (Wildman–Crippen LogP) is 1.97. The first kappa shape index (κ1) is 15.3. The van der Waals surface area contributed by atoms with E-state index in [1.54, 1.807) is 18.6 Å². The van der Waals surface area contributed by atoms with E-state index in [1.165, 1.54) is 18.4 Å². The van der Waals surface area contributed by atoms with E-state index in [-0.39, 0.29) is 0 Å². The van der Waals surface area contributed by atoms with Crippen LogP contribution in [0.5, 0.6) is 0 Å². The van der Waals surface area contributed by atoms with Crippen molar-refractivity contribution in [3.05, 3.63) is 42.0 Å². The zero-order valence-corrected chi connectivity index (χ0v) is 14.4. The molecule has 7 nitrogen and oxygen atoms in total. The van der Waals surface area contributed by atoms with Gasteiger partial charge in [-0.1, -0.05) is 0 Å². The van der Waals surface area contributed by atoms with Crippen LogP contribution in [-0.2, 0) is 0 Å². The van der Waals surface area contributed by atoms with Gasteiger partial charge in [0.25, 0.3) is 0 Å². The van der Waals surface area contributed by atoms with Crippen LogP contribution in [0, 0.1) is 11.3 Å². The third kappa shape index (κ3) is 2.50. The minimum Gasteiger partial charge on any atom is -0.353 e. The Morgan fingerprint density at radius 1 is 1.15 bits per heavy atom. The molecule has 1 aliphatic heterocycles. The fraction of sp³-hybridized carbons (Fsp3) is 0.368. The summed E-state index contributed by atoms with van der Waals surface area (Å²) in [5.74, 6) is 2.32. The number of nitriles is 1. The number of piperazine rings is 1. The van der Waals surface area contributed by atoms with E-state index in [2.05, 4.69) is 37.4 Å². The normalized spacial score (nSPS) is 17.4. The number of pyridine rings is 1. The van der Waals surface area contributed by atoms with Gasteiger partial charge in [0.2, 0.25) is 0 Å². The smallest absolute Gasteiger partial charge is 0.151 e. The molecule has 0 unspecified atom stereocenters. The first-order valence-electron chi connectivity index (χ1n) is 9.03. The lowest BCUT2D eigenvalue weighted by atomic mass is 10.1. The van der Waals surface area contributed by atoms with Crippen molar-refractivity contribution in [1.29, 1.82) is 5.26 Å². The molecule has 4 heterocycles. The molecule has 26 heavy (non-hydrogen) atoms. The summed E-state index contributed by atoms with van der Waals surface area (Å²) >= 11 is 0. The van der Waals surface area contributed by atoms with Gasteiger partial charge in [0.1, 0.15) is 18.0 Å². The Bertz CT molecular complexity index is 1010. The number of hydrogen-bond donors (Lipinski definition) is 1. The first-order valence-corrected chi connectivity index (χ1v) is 9.03. The van der Waals surface area contributed by atoms with Crippen molar-refractivity contribution in [2.24, 2.45) is 0 Å². The Kier molecular flexibility index (Phi) is 3.57. The molecule has 0 spiro atoms. The summed E-state index contributed by atoms with van der Waals surface area (Å²) in [5, 5.41) is 13.7. The Morgan fingerprint density at radius 3 is 2.77 bits per heavy atom. The molecule has 3 aromatic heterocycles. The molecule has 130 valence electrons. The molecule has 0 aromatic carbocycles. The predicted molar refractivity (Wildman–Crippen MR) is 98.4 cm³/mol. The van der Waals surface area contributed by atoms with Gasteiger partial charge in [0, 0.05) is 38.6 Å². The van der Waals surface area contributed by atoms with Gasteiger partial charge in [0.15, 0.2) is 5.65 Å². The van der Waals surface area contributed by atoms with Gasteiger partial charge >= 0.3 is 0 Å². The molecule has 0 amide bonds. The monoisotopic (exact) mass is 345 g/mol. The molecule has 1 aliphatic carbocycles. The van der Waals surface area contributed by atoms with Crippen LogP contribution in [0.15, 0.2) is 30.9 Å². The first-order chi connectivity index (χ1) is 12.8. The van der Waals surface area contributed by atoms with E-state index in [4.69, 9.17) is 0 Å². The molecule has 1 N–H and O–H groups in total.